The molecule has 12 heteroatoms. The average molecular weight is 586 g/mol. The Bertz CT molecular complexity index is 1430. The van der Waals surface area contributed by atoms with Crippen molar-refractivity contribution in [2.24, 2.45) is 0 Å². The minimum absolute atomic E-state index is 0.00842. The summed E-state index contributed by atoms with van der Waals surface area (Å²) in [7, 11) is 0. The van der Waals surface area contributed by atoms with Crippen LogP contribution in [0.5, 0.6) is 5.75 Å². The van der Waals surface area contributed by atoms with Gasteiger partial charge in [-0.25, -0.2) is 4.39 Å². The predicted molar refractivity (Wildman–Crippen MR) is 139 cm³/mol. The van der Waals surface area contributed by atoms with E-state index in [2.05, 4.69) is 21.2 Å². The first-order chi connectivity index (χ1) is 17.7. The summed E-state index contributed by atoms with van der Waals surface area (Å²) in [5.74, 6) is -1.26. The quantitative estimate of drug-likeness (QED) is 0.203. The van der Waals surface area contributed by atoms with E-state index in [1.807, 2.05) is 0 Å². The molecule has 0 unspecified atom stereocenters. The fraction of sp³-hybridized carbons (Fsp3) is 0.0800. The van der Waals surface area contributed by atoms with Gasteiger partial charge in [-0.1, -0.05) is 12.1 Å². The van der Waals surface area contributed by atoms with E-state index in [9.17, 15) is 28.9 Å². The first kappa shape index (κ1) is 26.0. The zero-order valence-electron chi connectivity index (χ0n) is 18.9. The standard InChI is InChI=1S/C25H17BrFN3O6S/c26-20-10-16(6-9-21(20)36-14-15-4-7-19(8-5-15)30(34)35)11-22-24(32)29(25(33)37-22)13-23(31)28-18-3-1-2-17(27)12-18/h1-12H,13-14H2,(H,28,31)/b22-11+. The number of thioether (sulfide) groups is 1. The Labute approximate surface area is 222 Å². The van der Waals surface area contributed by atoms with Gasteiger partial charge in [-0.2, -0.15) is 0 Å². The van der Waals surface area contributed by atoms with Crippen molar-refractivity contribution in [1.29, 1.82) is 0 Å². The van der Waals surface area contributed by atoms with Gasteiger partial charge in [0.2, 0.25) is 5.91 Å². The number of halogens is 2. The van der Waals surface area contributed by atoms with Gasteiger partial charge in [0.25, 0.3) is 16.8 Å². The van der Waals surface area contributed by atoms with Crippen molar-refractivity contribution >= 4 is 62.2 Å². The summed E-state index contributed by atoms with van der Waals surface area (Å²) in [5, 5.41) is 12.6. The number of benzene rings is 3. The van der Waals surface area contributed by atoms with Gasteiger partial charge < -0.3 is 10.1 Å². The molecule has 37 heavy (non-hydrogen) atoms. The second-order valence-corrected chi connectivity index (χ2v) is 9.58. The smallest absolute Gasteiger partial charge is 0.294 e. The maximum absolute atomic E-state index is 13.3. The highest BCUT2D eigenvalue weighted by Gasteiger charge is 2.36. The van der Waals surface area contributed by atoms with E-state index < -0.39 is 34.3 Å². The van der Waals surface area contributed by atoms with Crippen LogP contribution in [0.15, 0.2) is 76.1 Å². The number of nitrogens with one attached hydrogen (secondary N) is 1. The summed E-state index contributed by atoms with van der Waals surface area (Å²) in [5.41, 5.74) is 1.57. The zero-order valence-corrected chi connectivity index (χ0v) is 21.3. The number of amides is 3. The second kappa shape index (κ2) is 11.4. The Hall–Kier alpha value is -4.03. The van der Waals surface area contributed by atoms with Gasteiger partial charge in [0.15, 0.2) is 0 Å². The summed E-state index contributed by atoms with van der Waals surface area (Å²) in [6, 6.07) is 16.4. The van der Waals surface area contributed by atoms with E-state index >= 15 is 0 Å². The lowest BCUT2D eigenvalue weighted by molar-refractivity contribution is -0.384. The van der Waals surface area contributed by atoms with Crippen molar-refractivity contribution in [1.82, 2.24) is 4.90 Å². The normalized spacial score (nSPS) is 14.2. The lowest BCUT2D eigenvalue weighted by atomic mass is 10.2. The Morgan fingerprint density at radius 1 is 1.14 bits per heavy atom. The molecule has 0 bridgehead atoms. The summed E-state index contributed by atoms with van der Waals surface area (Å²) in [6.45, 7) is -0.315. The number of hydrogen-bond donors (Lipinski definition) is 1. The molecule has 0 aliphatic carbocycles. The van der Waals surface area contributed by atoms with Crippen LogP contribution < -0.4 is 10.1 Å². The number of nitro groups is 1. The summed E-state index contributed by atoms with van der Waals surface area (Å²) < 4.78 is 19.7. The number of nitro benzene ring substituents is 1. The number of carbonyl (C=O) groups excluding carboxylic acids is 3. The molecular formula is C25H17BrFN3O6S. The minimum atomic E-state index is -0.633. The molecule has 1 fully saturated rings. The third-order valence-electron chi connectivity index (χ3n) is 5.08. The van der Waals surface area contributed by atoms with Crippen molar-refractivity contribution in [3.8, 4) is 5.75 Å². The van der Waals surface area contributed by atoms with Crippen LogP contribution in [0.3, 0.4) is 0 Å². The minimum Gasteiger partial charge on any atom is -0.488 e. The molecule has 3 aromatic carbocycles. The molecule has 188 valence electrons. The van der Waals surface area contributed by atoms with E-state index in [4.69, 9.17) is 4.74 Å². The highest BCUT2D eigenvalue weighted by molar-refractivity contribution is 9.10. The number of rotatable bonds is 8. The third kappa shape index (κ3) is 6.60. The van der Waals surface area contributed by atoms with Gasteiger partial charge in [-0.05, 0) is 87.4 Å². The van der Waals surface area contributed by atoms with Gasteiger partial charge in [0.05, 0.1) is 14.3 Å². The first-order valence-corrected chi connectivity index (χ1v) is 12.3. The number of anilines is 1. The Morgan fingerprint density at radius 3 is 2.57 bits per heavy atom. The zero-order chi connectivity index (χ0) is 26.5. The van der Waals surface area contributed by atoms with E-state index in [-0.39, 0.29) is 22.9 Å². The number of carbonyl (C=O) groups is 3. The van der Waals surface area contributed by atoms with Crippen LogP contribution in [-0.2, 0) is 16.2 Å². The van der Waals surface area contributed by atoms with Crippen LogP contribution in [0.4, 0.5) is 20.6 Å². The van der Waals surface area contributed by atoms with E-state index in [1.165, 1.54) is 36.4 Å². The predicted octanol–water partition coefficient (Wildman–Crippen LogP) is 5.75. The molecule has 1 saturated heterocycles. The highest BCUT2D eigenvalue weighted by atomic mass is 79.9. The molecule has 9 nitrogen and oxygen atoms in total. The van der Waals surface area contributed by atoms with Crippen molar-refractivity contribution in [3.63, 3.8) is 0 Å². The molecule has 0 aromatic heterocycles. The molecule has 0 saturated carbocycles. The monoisotopic (exact) mass is 585 g/mol. The van der Waals surface area contributed by atoms with Gasteiger partial charge in [-0.15, -0.1) is 0 Å². The molecule has 3 aromatic rings. The van der Waals surface area contributed by atoms with Gasteiger partial charge in [0, 0.05) is 17.8 Å². The van der Waals surface area contributed by atoms with Crippen molar-refractivity contribution in [3.05, 3.63) is 103 Å². The number of hydrogen-bond acceptors (Lipinski definition) is 7. The number of ether oxygens (including phenoxy) is 1. The Kier molecular flexibility index (Phi) is 7.99. The lowest BCUT2D eigenvalue weighted by Crippen LogP contribution is -2.36. The fourth-order valence-electron chi connectivity index (χ4n) is 3.30. The Morgan fingerprint density at radius 2 is 1.89 bits per heavy atom. The molecule has 4 rings (SSSR count). The highest BCUT2D eigenvalue weighted by Crippen LogP contribution is 2.34. The van der Waals surface area contributed by atoms with Crippen LogP contribution >= 0.6 is 27.7 Å². The summed E-state index contributed by atoms with van der Waals surface area (Å²) >= 11 is 4.13. The molecule has 3 amide bonds. The van der Waals surface area contributed by atoms with Gasteiger partial charge in [-0.3, -0.25) is 29.4 Å². The van der Waals surface area contributed by atoms with Crippen LogP contribution in [0.2, 0.25) is 0 Å². The van der Waals surface area contributed by atoms with Crippen LogP contribution in [-0.4, -0.2) is 33.4 Å². The van der Waals surface area contributed by atoms with E-state index in [0.717, 1.165) is 16.5 Å². The topological polar surface area (TPSA) is 119 Å². The maximum atomic E-state index is 13.3. The molecular weight excluding hydrogens is 569 g/mol. The van der Waals surface area contributed by atoms with Crippen LogP contribution in [0, 0.1) is 15.9 Å². The van der Waals surface area contributed by atoms with Crippen LogP contribution in [0.25, 0.3) is 6.08 Å². The SMILES string of the molecule is O=C(CN1C(=O)S/C(=C/c2ccc(OCc3ccc([N+](=O)[O-])cc3)c(Br)c2)C1=O)Nc1cccc(F)c1. The van der Waals surface area contributed by atoms with E-state index in [1.54, 1.807) is 30.3 Å². The first-order valence-electron chi connectivity index (χ1n) is 10.7. The largest absolute Gasteiger partial charge is 0.488 e. The lowest BCUT2D eigenvalue weighted by Gasteiger charge is -2.12. The number of non-ortho nitro benzene ring substituents is 1. The fourth-order valence-corrected chi connectivity index (χ4v) is 4.65. The summed E-state index contributed by atoms with van der Waals surface area (Å²) in [4.78, 5) is 48.6. The molecule has 1 heterocycles. The average Bonchev–Trinajstić information content (AvgIpc) is 3.11. The summed E-state index contributed by atoms with van der Waals surface area (Å²) in [6.07, 6.45) is 1.53. The molecule has 0 atom stereocenters. The van der Waals surface area contributed by atoms with Crippen molar-refractivity contribution in [2.75, 3.05) is 11.9 Å². The maximum Gasteiger partial charge on any atom is 0.294 e. The van der Waals surface area contributed by atoms with Crippen LogP contribution in [0.1, 0.15) is 11.1 Å². The van der Waals surface area contributed by atoms with Crippen molar-refractivity contribution < 1.29 is 28.4 Å². The molecule has 0 spiro atoms. The third-order valence-corrected chi connectivity index (χ3v) is 6.61. The van der Waals surface area contributed by atoms with Gasteiger partial charge in [0.1, 0.15) is 24.7 Å². The second-order valence-electron chi connectivity index (χ2n) is 7.73. The Balaban J connectivity index is 1.38. The van der Waals surface area contributed by atoms with Crippen molar-refractivity contribution in [2.45, 2.75) is 6.61 Å². The number of nitrogens with zero attached hydrogens (tertiary/aromatic N) is 2. The van der Waals surface area contributed by atoms with E-state index in [0.29, 0.717) is 27.5 Å². The van der Waals surface area contributed by atoms with Gasteiger partial charge >= 0.3 is 0 Å². The molecule has 1 aliphatic heterocycles. The molecule has 0 radical (unpaired) electrons. The molecule has 1 aliphatic rings. The molecule has 1 N–H and O–H groups in total. The number of imide groups is 1.